The summed E-state index contributed by atoms with van der Waals surface area (Å²) in [6.45, 7) is 13.9. The first kappa shape index (κ1) is 19.8. The van der Waals surface area contributed by atoms with E-state index in [0.29, 0.717) is 32.7 Å². The molecule has 0 aromatic carbocycles. The van der Waals surface area contributed by atoms with E-state index in [1.165, 1.54) is 12.8 Å². The van der Waals surface area contributed by atoms with Crippen LogP contribution in [0.4, 0.5) is 9.59 Å². The third-order valence-corrected chi connectivity index (χ3v) is 4.80. The highest BCUT2D eigenvalue weighted by Crippen LogP contribution is 2.15. The van der Waals surface area contributed by atoms with E-state index >= 15 is 0 Å². The Hall–Kier alpha value is -1.50. The molecule has 2 rings (SSSR count). The van der Waals surface area contributed by atoms with E-state index < -0.39 is 5.60 Å². The van der Waals surface area contributed by atoms with Gasteiger partial charge >= 0.3 is 12.1 Å². The standard InChI is InChI=1S/C18H34N4O3/c1-15-5-8-20(9-6-15)10-7-19-16(23)21-11-13-22(14-12-21)17(24)25-18(2,3)4/h15H,5-14H2,1-4H3,(H,19,23). The zero-order valence-corrected chi connectivity index (χ0v) is 16.2. The highest BCUT2D eigenvalue weighted by atomic mass is 16.6. The number of rotatable bonds is 3. The Bertz CT molecular complexity index is 448. The first-order valence-electron chi connectivity index (χ1n) is 9.47. The molecule has 2 heterocycles. The monoisotopic (exact) mass is 354 g/mol. The molecule has 2 aliphatic rings. The lowest BCUT2D eigenvalue weighted by Gasteiger charge is -2.35. The van der Waals surface area contributed by atoms with Crippen molar-refractivity contribution in [3.63, 3.8) is 0 Å². The molecule has 0 unspecified atom stereocenters. The van der Waals surface area contributed by atoms with Crippen molar-refractivity contribution in [2.24, 2.45) is 5.92 Å². The van der Waals surface area contributed by atoms with E-state index in [2.05, 4.69) is 17.1 Å². The molecule has 0 saturated carbocycles. The molecule has 3 amide bonds. The summed E-state index contributed by atoms with van der Waals surface area (Å²) in [5.41, 5.74) is -0.488. The van der Waals surface area contributed by atoms with Gasteiger partial charge in [0.1, 0.15) is 5.60 Å². The molecule has 1 N–H and O–H groups in total. The largest absolute Gasteiger partial charge is 0.444 e. The van der Waals surface area contributed by atoms with Gasteiger partial charge in [-0.3, -0.25) is 0 Å². The second kappa shape index (κ2) is 8.74. The maximum atomic E-state index is 12.3. The fourth-order valence-electron chi connectivity index (χ4n) is 3.14. The fraction of sp³-hybridized carbons (Fsp3) is 0.889. The van der Waals surface area contributed by atoms with Crippen LogP contribution in [0.2, 0.25) is 0 Å². The van der Waals surface area contributed by atoms with E-state index in [1.807, 2.05) is 20.8 Å². The Balaban J connectivity index is 1.63. The summed E-state index contributed by atoms with van der Waals surface area (Å²) < 4.78 is 5.37. The lowest BCUT2D eigenvalue weighted by atomic mass is 9.99. The summed E-state index contributed by atoms with van der Waals surface area (Å²) in [7, 11) is 0. The van der Waals surface area contributed by atoms with Crippen LogP contribution in [-0.4, -0.2) is 84.8 Å². The van der Waals surface area contributed by atoms with E-state index in [-0.39, 0.29) is 12.1 Å². The molecule has 0 aromatic rings. The van der Waals surface area contributed by atoms with E-state index in [9.17, 15) is 9.59 Å². The summed E-state index contributed by atoms with van der Waals surface area (Å²) in [4.78, 5) is 30.2. The number of piperidine rings is 1. The first-order valence-corrected chi connectivity index (χ1v) is 9.47. The van der Waals surface area contributed by atoms with Crippen molar-refractivity contribution in [3.05, 3.63) is 0 Å². The zero-order chi connectivity index (χ0) is 18.4. The molecule has 144 valence electrons. The highest BCUT2D eigenvalue weighted by Gasteiger charge is 2.27. The van der Waals surface area contributed by atoms with Crippen molar-refractivity contribution in [2.45, 2.75) is 46.1 Å². The predicted molar refractivity (Wildman–Crippen MR) is 97.6 cm³/mol. The van der Waals surface area contributed by atoms with E-state index in [1.54, 1.807) is 9.80 Å². The molecule has 0 atom stereocenters. The Morgan fingerprint density at radius 2 is 1.56 bits per heavy atom. The lowest BCUT2D eigenvalue weighted by molar-refractivity contribution is 0.0170. The number of hydrogen-bond acceptors (Lipinski definition) is 4. The van der Waals surface area contributed by atoms with Crippen LogP contribution in [0.1, 0.15) is 40.5 Å². The van der Waals surface area contributed by atoms with Gasteiger partial charge in [0.05, 0.1) is 0 Å². The number of piperazine rings is 1. The maximum Gasteiger partial charge on any atom is 0.410 e. The molecule has 2 fully saturated rings. The van der Waals surface area contributed by atoms with Gasteiger partial charge in [0, 0.05) is 39.3 Å². The van der Waals surface area contributed by atoms with Crippen molar-refractivity contribution < 1.29 is 14.3 Å². The van der Waals surface area contributed by atoms with Crippen LogP contribution in [0.5, 0.6) is 0 Å². The molecule has 0 bridgehead atoms. The number of carbonyl (C=O) groups is 2. The van der Waals surface area contributed by atoms with Crippen molar-refractivity contribution in [2.75, 3.05) is 52.4 Å². The van der Waals surface area contributed by atoms with Gasteiger partial charge < -0.3 is 24.8 Å². The van der Waals surface area contributed by atoms with Gasteiger partial charge in [-0.2, -0.15) is 0 Å². The van der Waals surface area contributed by atoms with Crippen molar-refractivity contribution in [3.8, 4) is 0 Å². The molecule has 0 radical (unpaired) electrons. The minimum Gasteiger partial charge on any atom is -0.444 e. The second-order valence-corrected chi connectivity index (χ2v) is 8.21. The number of urea groups is 1. The second-order valence-electron chi connectivity index (χ2n) is 8.21. The maximum absolute atomic E-state index is 12.3. The van der Waals surface area contributed by atoms with Crippen LogP contribution < -0.4 is 5.32 Å². The first-order chi connectivity index (χ1) is 11.7. The van der Waals surface area contributed by atoms with Crippen LogP contribution in [0.15, 0.2) is 0 Å². The van der Waals surface area contributed by atoms with Crippen molar-refractivity contribution >= 4 is 12.1 Å². The van der Waals surface area contributed by atoms with Crippen molar-refractivity contribution in [1.29, 1.82) is 0 Å². The molecule has 25 heavy (non-hydrogen) atoms. The topological polar surface area (TPSA) is 65.1 Å². The molecule has 0 aliphatic carbocycles. The van der Waals surface area contributed by atoms with Crippen molar-refractivity contribution in [1.82, 2.24) is 20.0 Å². The average Bonchev–Trinajstić information content (AvgIpc) is 2.55. The van der Waals surface area contributed by atoms with E-state index in [4.69, 9.17) is 4.74 Å². The minimum absolute atomic E-state index is 0.0331. The van der Waals surface area contributed by atoms with Gasteiger partial charge in [0.2, 0.25) is 0 Å². The third kappa shape index (κ3) is 6.72. The van der Waals surface area contributed by atoms with Crippen LogP contribution in [0.25, 0.3) is 0 Å². The third-order valence-electron chi connectivity index (χ3n) is 4.80. The number of hydrogen-bond donors (Lipinski definition) is 1. The normalized spacial score (nSPS) is 20.5. The summed E-state index contributed by atoms with van der Waals surface area (Å²) in [5, 5.41) is 3.00. The zero-order valence-electron chi connectivity index (χ0n) is 16.2. The molecular weight excluding hydrogens is 320 g/mol. The van der Waals surface area contributed by atoms with Crippen LogP contribution >= 0.6 is 0 Å². The number of likely N-dealkylation sites (tertiary alicyclic amines) is 1. The summed E-state index contributed by atoms with van der Waals surface area (Å²) in [6, 6.07) is -0.0331. The number of ether oxygens (including phenoxy) is 1. The summed E-state index contributed by atoms with van der Waals surface area (Å²) >= 11 is 0. The van der Waals surface area contributed by atoms with E-state index in [0.717, 1.165) is 25.6 Å². The Morgan fingerprint density at radius 3 is 2.12 bits per heavy atom. The van der Waals surface area contributed by atoms with Gasteiger partial charge in [-0.25, -0.2) is 9.59 Å². The number of amides is 3. The number of carbonyl (C=O) groups excluding carboxylic acids is 2. The highest BCUT2D eigenvalue weighted by molar-refractivity contribution is 5.75. The van der Waals surface area contributed by atoms with Gasteiger partial charge in [0.15, 0.2) is 0 Å². The van der Waals surface area contributed by atoms with Gasteiger partial charge in [0.25, 0.3) is 0 Å². The fourth-order valence-corrected chi connectivity index (χ4v) is 3.14. The molecule has 7 heteroatoms. The SMILES string of the molecule is CC1CCN(CCNC(=O)N2CCN(C(=O)OC(C)(C)C)CC2)CC1. The van der Waals surface area contributed by atoms with Gasteiger partial charge in [-0.15, -0.1) is 0 Å². The molecule has 0 aromatic heterocycles. The molecule has 0 spiro atoms. The Kier molecular flexibility index (Phi) is 6.93. The summed E-state index contributed by atoms with van der Waals surface area (Å²) in [5.74, 6) is 0.826. The number of nitrogens with one attached hydrogen (secondary N) is 1. The van der Waals surface area contributed by atoms with Crippen LogP contribution in [0.3, 0.4) is 0 Å². The van der Waals surface area contributed by atoms with Gasteiger partial charge in [-0.05, 0) is 52.6 Å². The molecular formula is C18H34N4O3. The van der Waals surface area contributed by atoms with Gasteiger partial charge in [-0.1, -0.05) is 6.92 Å². The number of nitrogens with zero attached hydrogens (tertiary/aromatic N) is 3. The predicted octanol–water partition coefficient (Wildman–Crippen LogP) is 1.98. The quantitative estimate of drug-likeness (QED) is 0.842. The Morgan fingerprint density at radius 1 is 1.00 bits per heavy atom. The lowest BCUT2D eigenvalue weighted by Crippen LogP contribution is -2.54. The molecule has 2 saturated heterocycles. The van der Waals surface area contributed by atoms with Crippen LogP contribution in [0, 0.1) is 5.92 Å². The smallest absolute Gasteiger partial charge is 0.410 e. The summed E-state index contributed by atoms with van der Waals surface area (Å²) in [6.07, 6.45) is 2.20. The Labute approximate surface area is 151 Å². The minimum atomic E-state index is -0.488. The van der Waals surface area contributed by atoms with Crippen LogP contribution in [-0.2, 0) is 4.74 Å². The molecule has 7 nitrogen and oxygen atoms in total. The average molecular weight is 354 g/mol. The molecule has 2 aliphatic heterocycles.